The first-order valence-electron chi connectivity index (χ1n) is 11.2. The van der Waals surface area contributed by atoms with Crippen LogP contribution in [-0.4, -0.2) is 50.2 Å². The fourth-order valence-electron chi connectivity index (χ4n) is 3.71. The van der Waals surface area contributed by atoms with E-state index in [1.807, 2.05) is 0 Å². The summed E-state index contributed by atoms with van der Waals surface area (Å²) in [4.78, 5) is 32.8. The number of amides is 1. The first-order chi connectivity index (χ1) is 17.3. The number of carbonyl (C=O) groups is 1. The molecule has 2 heterocycles. The van der Waals surface area contributed by atoms with E-state index in [1.165, 1.54) is 41.6 Å². The average molecular weight is 530 g/mol. The molecule has 1 fully saturated rings. The summed E-state index contributed by atoms with van der Waals surface area (Å²) in [7, 11) is 0. The number of nitro benzene ring substituents is 1. The zero-order valence-corrected chi connectivity index (χ0v) is 20.9. The van der Waals surface area contributed by atoms with Crippen LogP contribution in [0.4, 0.5) is 30.8 Å². The molecule has 0 aliphatic carbocycles. The molecule has 37 heavy (non-hydrogen) atoms. The first-order valence-corrected chi connectivity index (χ1v) is 11.6. The number of ether oxygens (including phenoxy) is 1. The second-order valence-electron chi connectivity index (χ2n) is 9.46. The van der Waals surface area contributed by atoms with Crippen LogP contribution in [0.1, 0.15) is 32.8 Å². The maximum Gasteiger partial charge on any atom is 0.410 e. The summed E-state index contributed by atoms with van der Waals surface area (Å²) in [6.07, 6.45) is 0.475. The van der Waals surface area contributed by atoms with Gasteiger partial charge >= 0.3 is 6.09 Å². The summed E-state index contributed by atoms with van der Waals surface area (Å²) in [5.74, 6) is 4.42. The quantitative estimate of drug-likeness (QED) is 0.260. The Labute approximate surface area is 215 Å². The lowest BCUT2D eigenvalue weighted by atomic mass is 10.0. The van der Waals surface area contributed by atoms with Crippen molar-refractivity contribution in [1.29, 1.82) is 0 Å². The minimum absolute atomic E-state index is 0.0224. The number of nitrogens with one attached hydrogen (secondary N) is 1. The van der Waals surface area contributed by atoms with Gasteiger partial charge in [0.25, 0.3) is 5.69 Å². The zero-order valence-electron chi connectivity index (χ0n) is 20.1. The number of hydrogen-bond acceptors (Lipinski definition) is 7. The Morgan fingerprint density at radius 2 is 2.08 bits per heavy atom. The van der Waals surface area contributed by atoms with Crippen molar-refractivity contribution in [1.82, 2.24) is 14.9 Å². The molecule has 1 saturated heterocycles. The lowest BCUT2D eigenvalue weighted by molar-refractivity contribution is -0.385. The molecule has 1 aliphatic heterocycles. The lowest BCUT2D eigenvalue weighted by Gasteiger charge is -2.24. The van der Waals surface area contributed by atoms with E-state index in [2.05, 4.69) is 27.1 Å². The topological polar surface area (TPSA) is 110 Å². The second kappa shape index (κ2) is 9.78. The second-order valence-corrected chi connectivity index (χ2v) is 9.87. The summed E-state index contributed by atoms with van der Waals surface area (Å²) < 4.78 is 35.0. The number of halogens is 3. The van der Waals surface area contributed by atoms with E-state index in [1.54, 1.807) is 20.8 Å². The molecule has 1 atom stereocenters. The SMILES string of the molecule is CC(C)(C)OC(=O)N1CCC(F)(C#Cc2cc3ncnc(Nc4cccc(Cl)c4F)c3cc2[N+](=O)[O-])C1. The number of benzene rings is 2. The molecule has 2 aromatic carbocycles. The molecule has 1 N–H and O–H groups in total. The highest BCUT2D eigenvalue weighted by Crippen LogP contribution is 2.32. The van der Waals surface area contributed by atoms with Crippen LogP contribution < -0.4 is 5.32 Å². The number of likely N-dealkylation sites (tertiary alicyclic amines) is 1. The van der Waals surface area contributed by atoms with Crippen LogP contribution in [0.2, 0.25) is 5.02 Å². The average Bonchev–Trinajstić information content (AvgIpc) is 3.22. The fourth-order valence-corrected chi connectivity index (χ4v) is 3.88. The maximum atomic E-state index is 15.4. The standard InChI is InChI=1S/C25H22ClF2N5O4/c1-24(2,3)37-23(34)32-10-9-25(28,13-32)8-7-15-11-19-16(12-20(15)33(35)36)22(30-14-29-19)31-18-6-4-5-17(26)21(18)27/h4-6,11-12,14H,9-10,13H2,1-3H3,(H,29,30,31). The number of nitrogens with zero attached hydrogens (tertiary/aromatic N) is 4. The van der Waals surface area contributed by atoms with E-state index >= 15 is 4.39 Å². The smallest absolute Gasteiger partial charge is 0.410 e. The first kappa shape index (κ1) is 26.0. The number of fused-ring (bicyclic) bond motifs is 1. The third-order valence-corrected chi connectivity index (χ3v) is 5.74. The van der Waals surface area contributed by atoms with Crippen LogP contribution in [0.15, 0.2) is 36.7 Å². The van der Waals surface area contributed by atoms with Crippen LogP contribution in [0, 0.1) is 27.8 Å². The highest BCUT2D eigenvalue weighted by Gasteiger charge is 2.40. The number of alkyl halides is 1. The number of anilines is 2. The van der Waals surface area contributed by atoms with Gasteiger partial charge in [-0.1, -0.05) is 29.5 Å². The van der Waals surface area contributed by atoms with E-state index in [-0.39, 0.29) is 52.5 Å². The fraction of sp³-hybridized carbons (Fsp3) is 0.320. The molecule has 192 valence electrons. The largest absolute Gasteiger partial charge is 0.444 e. The van der Waals surface area contributed by atoms with Gasteiger partial charge in [-0.2, -0.15) is 0 Å². The van der Waals surface area contributed by atoms with Gasteiger partial charge in [0, 0.05) is 24.4 Å². The number of nitro groups is 1. The summed E-state index contributed by atoms with van der Waals surface area (Å²) >= 11 is 5.83. The van der Waals surface area contributed by atoms with E-state index < -0.39 is 33.8 Å². The van der Waals surface area contributed by atoms with Gasteiger partial charge in [0.05, 0.1) is 27.7 Å². The molecule has 9 nitrogen and oxygen atoms in total. The third-order valence-electron chi connectivity index (χ3n) is 5.45. The monoisotopic (exact) mass is 529 g/mol. The van der Waals surface area contributed by atoms with Gasteiger partial charge in [-0.3, -0.25) is 10.1 Å². The molecule has 12 heteroatoms. The predicted molar refractivity (Wildman–Crippen MR) is 134 cm³/mol. The Morgan fingerprint density at radius 1 is 1.32 bits per heavy atom. The number of aromatic nitrogens is 2. The number of rotatable bonds is 3. The van der Waals surface area contributed by atoms with E-state index in [4.69, 9.17) is 16.3 Å². The number of carbonyl (C=O) groups excluding carboxylic acids is 1. The van der Waals surface area contributed by atoms with Crippen LogP contribution in [0.25, 0.3) is 10.9 Å². The highest BCUT2D eigenvalue weighted by molar-refractivity contribution is 6.31. The summed E-state index contributed by atoms with van der Waals surface area (Å²) in [5, 5.41) is 14.7. The van der Waals surface area contributed by atoms with Crippen molar-refractivity contribution in [3.8, 4) is 11.8 Å². The van der Waals surface area contributed by atoms with Crippen LogP contribution >= 0.6 is 11.6 Å². The molecule has 4 rings (SSSR count). The third kappa shape index (κ3) is 5.86. The highest BCUT2D eigenvalue weighted by atomic mass is 35.5. The number of hydrogen-bond donors (Lipinski definition) is 1. The molecular weight excluding hydrogens is 508 g/mol. The van der Waals surface area contributed by atoms with Crippen LogP contribution in [0.3, 0.4) is 0 Å². The van der Waals surface area contributed by atoms with Gasteiger partial charge in [-0.25, -0.2) is 23.5 Å². The van der Waals surface area contributed by atoms with Gasteiger partial charge in [0.1, 0.15) is 23.3 Å². The Kier molecular flexibility index (Phi) is 6.88. The Morgan fingerprint density at radius 3 is 2.78 bits per heavy atom. The normalized spacial score (nSPS) is 17.3. The van der Waals surface area contributed by atoms with Crippen molar-refractivity contribution < 1.29 is 23.2 Å². The summed E-state index contributed by atoms with van der Waals surface area (Å²) in [5.41, 5.74) is -2.98. The van der Waals surface area contributed by atoms with Crippen molar-refractivity contribution in [3.05, 3.63) is 63.2 Å². The van der Waals surface area contributed by atoms with Gasteiger partial charge in [0.2, 0.25) is 0 Å². The van der Waals surface area contributed by atoms with Crippen LogP contribution in [0.5, 0.6) is 0 Å². The molecule has 0 bridgehead atoms. The molecule has 3 aromatic rings. The summed E-state index contributed by atoms with van der Waals surface area (Å²) in [6, 6.07) is 6.88. The van der Waals surface area contributed by atoms with Gasteiger partial charge in [0.15, 0.2) is 11.5 Å². The van der Waals surface area contributed by atoms with Gasteiger partial charge < -0.3 is 15.0 Å². The van der Waals surface area contributed by atoms with Crippen molar-refractivity contribution in [3.63, 3.8) is 0 Å². The maximum absolute atomic E-state index is 15.4. The molecule has 1 aromatic heterocycles. The molecule has 1 aliphatic rings. The molecule has 1 amide bonds. The Hall–Kier alpha value is -4.04. The van der Waals surface area contributed by atoms with Gasteiger partial charge in [-0.15, -0.1) is 0 Å². The molecule has 1 unspecified atom stereocenters. The Balaban J connectivity index is 1.66. The minimum atomic E-state index is -2.07. The van der Waals surface area contributed by atoms with Crippen molar-refractivity contribution in [2.75, 3.05) is 18.4 Å². The van der Waals surface area contributed by atoms with E-state index in [0.717, 1.165) is 0 Å². The Bertz CT molecular complexity index is 1470. The molecule has 0 saturated carbocycles. The molecule has 0 spiro atoms. The summed E-state index contributed by atoms with van der Waals surface area (Å²) in [6.45, 7) is 4.90. The van der Waals surface area contributed by atoms with E-state index in [9.17, 15) is 19.3 Å². The van der Waals surface area contributed by atoms with Crippen molar-refractivity contribution in [2.45, 2.75) is 38.5 Å². The van der Waals surface area contributed by atoms with Crippen molar-refractivity contribution in [2.24, 2.45) is 0 Å². The van der Waals surface area contributed by atoms with Crippen molar-refractivity contribution >= 4 is 45.8 Å². The van der Waals surface area contributed by atoms with Gasteiger partial charge in [-0.05, 0) is 39.0 Å². The minimum Gasteiger partial charge on any atom is -0.444 e. The molecule has 0 radical (unpaired) electrons. The van der Waals surface area contributed by atoms with Crippen LogP contribution in [-0.2, 0) is 4.74 Å². The van der Waals surface area contributed by atoms with E-state index in [0.29, 0.717) is 0 Å². The zero-order chi connectivity index (χ0) is 27.0. The lowest BCUT2D eigenvalue weighted by Crippen LogP contribution is -2.37. The predicted octanol–water partition coefficient (Wildman–Crippen LogP) is 5.77. The molecular formula is C25H22ClF2N5O4.